The predicted octanol–water partition coefficient (Wildman–Crippen LogP) is 2.34. The van der Waals surface area contributed by atoms with Crippen molar-refractivity contribution in [1.29, 1.82) is 0 Å². The molecule has 1 rings (SSSR count). The number of amides is 1. The average molecular weight is 321 g/mol. The molecule has 23 heavy (non-hydrogen) atoms. The van der Waals surface area contributed by atoms with Crippen molar-refractivity contribution >= 4 is 17.7 Å². The number of Topliss-reactive ketones (excluding diaryl/α,β-unsaturated/α-hetero) is 1. The van der Waals surface area contributed by atoms with Crippen LogP contribution in [-0.2, 0) is 9.59 Å². The monoisotopic (exact) mass is 321 g/mol. The minimum atomic E-state index is -1.06. The molecule has 0 aromatic heterocycles. The number of ketones is 1. The van der Waals surface area contributed by atoms with E-state index in [1.54, 1.807) is 12.1 Å². The van der Waals surface area contributed by atoms with Crippen molar-refractivity contribution in [2.24, 2.45) is 0 Å². The van der Waals surface area contributed by atoms with Crippen LogP contribution in [0.15, 0.2) is 18.2 Å². The summed E-state index contributed by atoms with van der Waals surface area (Å²) < 4.78 is 5.16. The van der Waals surface area contributed by atoms with Gasteiger partial charge in [-0.05, 0) is 25.5 Å². The number of hydrogen-bond donors (Lipinski definition) is 2. The number of benzene rings is 1. The molecule has 1 amide bonds. The molecular formula is C17H23NO5. The second-order valence-electron chi connectivity index (χ2n) is 5.37. The van der Waals surface area contributed by atoms with Crippen LogP contribution in [0.2, 0.25) is 0 Å². The Morgan fingerprint density at radius 2 is 1.96 bits per heavy atom. The van der Waals surface area contributed by atoms with Crippen molar-refractivity contribution in [2.45, 2.75) is 45.6 Å². The topological polar surface area (TPSA) is 92.7 Å². The maximum atomic E-state index is 12.3. The van der Waals surface area contributed by atoms with E-state index in [1.807, 2.05) is 19.9 Å². The van der Waals surface area contributed by atoms with Gasteiger partial charge in [0, 0.05) is 12.8 Å². The van der Waals surface area contributed by atoms with Gasteiger partial charge in [0.25, 0.3) is 0 Å². The lowest BCUT2D eigenvalue weighted by atomic mass is 10.0. The third-order valence-electron chi connectivity index (χ3n) is 3.45. The summed E-state index contributed by atoms with van der Waals surface area (Å²) >= 11 is 0. The zero-order valence-corrected chi connectivity index (χ0v) is 13.7. The number of carboxylic acid groups (broad SMARTS) is 1. The first-order valence-corrected chi connectivity index (χ1v) is 7.59. The van der Waals surface area contributed by atoms with Crippen LogP contribution in [0.5, 0.6) is 5.75 Å². The fourth-order valence-electron chi connectivity index (χ4n) is 2.21. The van der Waals surface area contributed by atoms with Gasteiger partial charge in [-0.15, -0.1) is 0 Å². The number of aryl methyl sites for hydroxylation is 1. The lowest BCUT2D eigenvalue weighted by molar-refractivity contribution is -0.142. The Balaban J connectivity index is 2.64. The first-order valence-electron chi connectivity index (χ1n) is 7.59. The molecule has 1 aromatic carbocycles. The molecule has 0 bridgehead atoms. The summed E-state index contributed by atoms with van der Waals surface area (Å²) in [5.74, 6) is -1.24. The normalized spacial score (nSPS) is 11.6. The van der Waals surface area contributed by atoms with E-state index in [0.717, 1.165) is 5.56 Å². The Morgan fingerprint density at radius 3 is 2.52 bits per heavy atom. The first kappa shape index (κ1) is 18.7. The SMILES string of the molecule is CCCC(NC(=O)CCC(=O)c1cc(C)ccc1OC)C(=O)O. The Hall–Kier alpha value is -2.37. The van der Waals surface area contributed by atoms with Gasteiger partial charge in [0.2, 0.25) is 5.91 Å². The molecule has 0 aliphatic carbocycles. The minimum absolute atomic E-state index is 0.00408. The lowest BCUT2D eigenvalue weighted by Gasteiger charge is -2.13. The average Bonchev–Trinajstić information content (AvgIpc) is 2.52. The van der Waals surface area contributed by atoms with Crippen LogP contribution < -0.4 is 10.1 Å². The highest BCUT2D eigenvalue weighted by atomic mass is 16.5. The highest BCUT2D eigenvalue weighted by Crippen LogP contribution is 2.21. The van der Waals surface area contributed by atoms with Crippen LogP contribution >= 0.6 is 0 Å². The summed E-state index contributed by atoms with van der Waals surface area (Å²) in [5.41, 5.74) is 1.36. The maximum Gasteiger partial charge on any atom is 0.326 e. The van der Waals surface area contributed by atoms with Gasteiger partial charge in [-0.25, -0.2) is 4.79 Å². The molecular weight excluding hydrogens is 298 g/mol. The Bertz CT molecular complexity index is 582. The van der Waals surface area contributed by atoms with E-state index in [-0.39, 0.29) is 18.6 Å². The van der Waals surface area contributed by atoms with Crippen molar-refractivity contribution in [3.8, 4) is 5.75 Å². The van der Waals surface area contributed by atoms with Crippen molar-refractivity contribution in [1.82, 2.24) is 5.32 Å². The van der Waals surface area contributed by atoms with E-state index in [0.29, 0.717) is 24.2 Å². The van der Waals surface area contributed by atoms with Gasteiger partial charge in [0.05, 0.1) is 12.7 Å². The molecule has 6 nitrogen and oxygen atoms in total. The van der Waals surface area contributed by atoms with E-state index in [9.17, 15) is 14.4 Å². The van der Waals surface area contributed by atoms with Crippen LogP contribution in [0.1, 0.15) is 48.5 Å². The molecule has 1 aromatic rings. The van der Waals surface area contributed by atoms with Gasteiger partial charge in [0.15, 0.2) is 5.78 Å². The van der Waals surface area contributed by atoms with Gasteiger partial charge >= 0.3 is 5.97 Å². The molecule has 1 unspecified atom stereocenters. The summed E-state index contributed by atoms with van der Waals surface area (Å²) in [4.78, 5) is 35.1. The Labute approximate surface area is 135 Å². The number of carbonyl (C=O) groups excluding carboxylic acids is 2. The van der Waals surface area contributed by atoms with Crippen LogP contribution in [0.3, 0.4) is 0 Å². The van der Waals surface area contributed by atoms with E-state index in [1.165, 1.54) is 7.11 Å². The molecule has 0 aliphatic rings. The van der Waals surface area contributed by atoms with Gasteiger partial charge in [-0.1, -0.05) is 25.0 Å². The number of carboxylic acids is 1. The number of aliphatic carboxylic acids is 1. The van der Waals surface area contributed by atoms with Crippen LogP contribution in [0, 0.1) is 6.92 Å². The summed E-state index contributed by atoms with van der Waals surface area (Å²) in [6, 6.07) is 4.36. The fourth-order valence-corrected chi connectivity index (χ4v) is 2.21. The summed E-state index contributed by atoms with van der Waals surface area (Å²) in [5, 5.41) is 11.5. The zero-order valence-electron chi connectivity index (χ0n) is 13.7. The van der Waals surface area contributed by atoms with E-state index in [2.05, 4.69) is 5.32 Å². The maximum absolute atomic E-state index is 12.3. The van der Waals surface area contributed by atoms with E-state index < -0.39 is 17.9 Å². The van der Waals surface area contributed by atoms with Crippen molar-refractivity contribution < 1.29 is 24.2 Å². The van der Waals surface area contributed by atoms with Crippen molar-refractivity contribution in [3.05, 3.63) is 29.3 Å². The lowest BCUT2D eigenvalue weighted by Crippen LogP contribution is -2.40. The largest absolute Gasteiger partial charge is 0.496 e. The summed E-state index contributed by atoms with van der Waals surface area (Å²) in [6.45, 7) is 3.71. The molecule has 0 saturated carbocycles. The van der Waals surface area contributed by atoms with Crippen molar-refractivity contribution in [2.75, 3.05) is 7.11 Å². The number of carbonyl (C=O) groups is 3. The van der Waals surface area contributed by atoms with Gasteiger partial charge in [-0.2, -0.15) is 0 Å². The van der Waals surface area contributed by atoms with E-state index >= 15 is 0 Å². The number of hydrogen-bond acceptors (Lipinski definition) is 4. The van der Waals surface area contributed by atoms with Crippen LogP contribution in [-0.4, -0.2) is 35.9 Å². The predicted molar refractivity (Wildman–Crippen MR) is 85.8 cm³/mol. The third-order valence-corrected chi connectivity index (χ3v) is 3.45. The number of methoxy groups -OCH3 is 1. The molecule has 0 saturated heterocycles. The second-order valence-corrected chi connectivity index (χ2v) is 5.37. The molecule has 126 valence electrons. The minimum Gasteiger partial charge on any atom is -0.496 e. The molecule has 0 spiro atoms. The highest BCUT2D eigenvalue weighted by Gasteiger charge is 2.20. The molecule has 0 heterocycles. The van der Waals surface area contributed by atoms with Crippen LogP contribution in [0.25, 0.3) is 0 Å². The van der Waals surface area contributed by atoms with Crippen LogP contribution in [0.4, 0.5) is 0 Å². The number of nitrogens with one attached hydrogen (secondary N) is 1. The van der Waals surface area contributed by atoms with Gasteiger partial charge < -0.3 is 15.2 Å². The Kier molecular flexibility index (Phi) is 7.25. The quantitative estimate of drug-likeness (QED) is 0.681. The second kappa shape index (κ2) is 8.92. The number of rotatable bonds is 9. The fraction of sp³-hybridized carbons (Fsp3) is 0.471. The third kappa shape index (κ3) is 5.73. The summed E-state index contributed by atoms with van der Waals surface area (Å²) in [7, 11) is 1.48. The zero-order chi connectivity index (χ0) is 17.4. The molecule has 0 fully saturated rings. The standard InChI is InChI=1S/C17H23NO5/c1-4-5-13(17(21)22)18-16(20)9-7-14(19)12-10-11(2)6-8-15(12)23-3/h6,8,10,13H,4-5,7,9H2,1-3H3,(H,18,20)(H,21,22). The highest BCUT2D eigenvalue weighted by molar-refractivity contribution is 6.00. The van der Waals surface area contributed by atoms with Gasteiger partial charge in [0.1, 0.15) is 11.8 Å². The van der Waals surface area contributed by atoms with E-state index in [4.69, 9.17) is 9.84 Å². The molecule has 1 atom stereocenters. The van der Waals surface area contributed by atoms with Gasteiger partial charge in [-0.3, -0.25) is 9.59 Å². The van der Waals surface area contributed by atoms with Crippen molar-refractivity contribution in [3.63, 3.8) is 0 Å². The Morgan fingerprint density at radius 1 is 1.26 bits per heavy atom. The molecule has 2 N–H and O–H groups in total. The summed E-state index contributed by atoms with van der Waals surface area (Å²) in [6.07, 6.45) is 0.963. The molecule has 6 heteroatoms. The molecule has 0 radical (unpaired) electrons. The number of ether oxygens (including phenoxy) is 1. The molecule has 0 aliphatic heterocycles. The first-order chi connectivity index (χ1) is 10.9. The smallest absolute Gasteiger partial charge is 0.326 e.